The fourth-order valence-electron chi connectivity index (χ4n) is 2.00. The van der Waals surface area contributed by atoms with Gasteiger partial charge in [0, 0.05) is 24.7 Å². The Labute approximate surface area is 138 Å². The van der Waals surface area contributed by atoms with Gasteiger partial charge < -0.3 is 5.32 Å². The molecule has 0 saturated heterocycles. The lowest BCUT2D eigenvalue weighted by Crippen LogP contribution is -2.14. The number of nitro benzene ring substituents is 1. The number of sulfonamides is 1. The Kier molecular flexibility index (Phi) is 4.84. The Bertz CT molecular complexity index is 892. The topological polar surface area (TPSA) is 118 Å². The summed E-state index contributed by atoms with van der Waals surface area (Å²) in [5.41, 5.74) is 1.05. The molecule has 2 aromatic rings. The maximum Gasteiger partial charge on any atom is 0.269 e. The third-order valence-corrected chi connectivity index (χ3v) is 4.53. The number of anilines is 2. The van der Waals surface area contributed by atoms with E-state index in [2.05, 4.69) is 10.0 Å². The molecule has 0 aliphatic carbocycles. The van der Waals surface area contributed by atoms with Crippen molar-refractivity contribution in [2.24, 2.45) is 0 Å². The highest BCUT2D eigenvalue weighted by Crippen LogP contribution is 2.24. The van der Waals surface area contributed by atoms with Crippen LogP contribution < -0.4 is 10.0 Å². The van der Waals surface area contributed by atoms with Crippen molar-refractivity contribution in [3.63, 3.8) is 0 Å². The maximum atomic E-state index is 12.4. The second-order valence-electron chi connectivity index (χ2n) is 5.07. The summed E-state index contributed by atoms with van der Waals surface area (Å²) in [7, 11) is -3.85. The van der Waals surface area contributed by atoms with E-state index in [9.17, 15) is 23.3 Å². The van der Waals surface area contributed by atoms with Gasteiger partial charge in [0.25, 0.3) is 15.7 Å². The van der Waals surface area contributed by atoms with Crippen molar-refractivity contribution in [3.8, 4) is 0 Å². The van der Waals surface area contributed by atoms with Crippen molar-refractivity contribution in [2.75, 3.05) is 10.0 Å². The van der Waals surface area contributed by atoms with Gasteiger partial charge in [0.2, 0.25) is 5.91 Å². The molecule has 0 atom stereocenters. The lowest BCUT2D eigenvalue weighted by atomic mass is 10.2. The number of rotatable bonds is 5. The van der Waals surface area contributed by atoms with E-state index >= 15 is 0 Å². The molecule has 9 heteroatoms. The van der Waals surface area contributed by atoms with Crippen molar-refractivity contribution >= 4 is 33.0 Å². The molecule has 0 spiro atoms. The van der Waals surface area contributed by atoms with E-state index < -0.39 is 14.9 Å². The van der Waals surface area contributed by atoms with Crippen LogP contribution in [-0.2, 0) is 14.8 Å². The molecule has 2 aromatic carbocycles. The zero-order chi connectivity index (χ0) is 17.9. The number of benzene rings is 2. The quantitative estimate of drug-likeness (QED) is 0.635. The number of nitrogens with one attached hydrogen (secondary N) is 2. The second-order valence-corrected chi connectivity index (χ2v) is 6.75. The van der Waals surface area contributed by atoms with Crippen molar-refractivity contribution < 1.29 is 18.1 Å². The number of nitro groups is 1. The molecule has 126 valence electrons. The molecular formula is C15H15N3O5S. The molecule has 2 rings (SSSR count). The van der Waals surface area contributed by atoms with Gasteiger partial charge in [-0.3, -0.25) is 19.6 Å². The first-order valence-corrected chi connectivity index (χ1v) is 8.33. The third kappa shape index (κ3) is 4.07. The number of amides is 1. The monoisotopic (exact) mass is 349 g/mol. The highest BCUT2D eigenvalue weighted by Gasteiger charge is 2.17. The van der Waals surface area contributed by atoms with Crippen molar-refractivity contribution in [1.29, 1.82) is 0 Å². The van der Waals surface area contributed by atoms with Crippen LogP contribution >= 0.6 is 0 Å². The highest BCUT2D eigenvalue weighted by atomic mass is 32.2. The molecule has 0 fully saturated rings. The smallest absolute Gasteiger partial charge is 0.269 e. The van der Waals surface area contributed by atoms with Gasteiger partial charge in [0.1, 0.15) is 0 Å². The molecule has 0 aromatic heterocycles. The molecule has 0 aliphatic heterocycles. The largest absolute Gasteiger partial charge is 0.326 e. The van der Waals surface area contributed by atoms with Crippen LogP contribution in [0.25, 0.3) is 0 Å². The number of carbonyl (C=O) groups is 1. The summed E-state index contributed by atoms with van der Waals surface area (Å²) in [4.78, 5) is 21.1. The van der Waals surface area contributed by atoms with Crippen LogP contribution in [0.15, 0.2) is 47.4 Å². The van der Waals surface area contributed by atoms with Crippen molar-refractivity contribution in [3.05, 3.63) is 58.1 Å². The van der Waals surface area contributed by atoms with E-state index in [-0.39, 0.29) is 22.2 Å². The molecule has 0 saturated carbocycles. The second kappa shape index (κ2) is 6.67. The van der Waals surface area contributed by atoms with E-state index in [0.717, 1.165) is 0 Å². The lowest BCUT2D eigenvalue weighted by Gasteiger charge is -2.11. The maximum absolute atomic E-state index is 12.4. The summed E-state index contributed by atoms with van der Waals surface area (Å²) < 4.78 is 27.1. The predicted octanol–water partition coefficient (Wildman–Crippen LogP) is 2.66. The standard InChI is InChI=1S/C15H15N3O5S/c1-10-9-13(18(20)21)5-8-15(10)17-24(22,23)14-6-3-12(4-7-14)16-11(2)19/h3-9,17H,1-2H3,(H,16,19). The molecule has 2 N–H and O–H groups in total. The molecule has 0 bridgehead atoms. The average molecular weight is 349 g/mol. The van der Waals surface area contributed by atoms with E-state index in [1.807, 2.05) is 0 Å². The number of non-ortho nitro benzene ring substituents is 1. The zero-order valence-corrected chi connectivity index (χ0v) is 13.8. The van der Waals surface area contributed by atoms with Gasteiger partial charge in [-0.1, -0.05) is 0 Å². The first-order valence-electron chi connectivity index (χ1n) is 6.84. The van der Waals surface area contributed by atoms with Gasteiger partial charge in [-0.05, 0) is 42.8 Å². The SMILES string of the molecule is CC(=O)Nc1ccc(S(=O)(=O)Nc2ccc([N+](=O)[O-])cc2C)cc1. The first kappa shape index (κ1) is 17.4. The van der Waals surface area contributed by atoms with Gasteiger partial charge in [-0.15, -0.1) is 0 Å². The molecular weight excluding hydrogens is 334 g/mol. The minimum Gasteiger partial charge on any atom is -0.326 e. The fraction of sp³-hybridized carbons (Fsp3) is 0.133. The Balaban J connectivity index is 2.25. The molecule has 0 aliphatic rings. The van der Waals surface area contributed by atoms with Gasteiger partial charge in [-0.2, -0.15) is 0 Å². The van der Waals surface area contributed by atoms with Crippen LogP contribution in [0.2, 0.25) is 0 Å². The Morgan fingerprint density at radius 1 is 1.12 bits per heavy atom. The lowest BCUT2D eigenvalue weighted by molar-refractivity contribution is -0.384. The van der Waals surface area contributed by atoms with Crippen LogP contribution in [0.3, 0.4) is 0 Å². The Morgan fingerprint density at radius 2 is 1.75 bits per heavy atom. The minimum absolute atomic E-state index is 0.00866. The summed E-state index contributed by atoms with van der Waals surface area (Å²) >= 11 is 0. The van der Waals surface area contributed by atoms with Gasteiger partial charge in [-0.25, -0.2) is 8.42 Å². The van der Waals surface area contributed by atoms with Crippen molar-refractivity contribution in [2.45, 2.75) is 18.7 Å². The summed E-state index contributed by atoms with van der Waals surface area (Å²) in [5, 5.41) is 13.3. The normalized spacial score (nSPS) is 10.9. The molecule has 24 heavy (non-hydrogen) atoms. The Morgan fingerprint density at radius 3 is 2.25 bits per heavy atom. The van der Waals surface area contributed by atoms with E-state index in [0.29, 0.717) is 11.3 Å². The fourth-order valence-corrected chi connectivity index (χ4v) is 3.13. The molecule has 0 heterocycles. The minimum atomic E-state index is -3.85. The number of nitrogens with zero attached hydrogens (tertiary/aromatic N) is 1. The van der Waals surface area contributed by atoms with Crippen LogP contribution in [0.5, 0.6) is 0 Å². The van der Waals surface area contributed by atoms with E-state index in [1.54, 1.807) is 6.92 Å². The van der Waals surface area contributed by atoms with Gasteiger partial charge in [0.05, 0.1) is 15.5 Å². The van der Waals surface area contributed by atoms with E-state index in [1.165, 1.54) is 49.4 Å². The van der Waals surface area contributed by atoms with E-state index in [4.69, 9.17) is 0 Å². The number of aryl methyl sites for hydroxylation is 1. The average Bonchev–Trinajstić information content (AvgIpc) is 2.49. The predicted molar refractivity (Wildman–Crippen MR) is 89.4 cm³/mol. The number of hydrogen-bond acceptors (Lipinski definition) is 5. The number of carbonyl (C=O) groups excluding carboxylic acids is 1. The van der Waals surface area contributed by atoms with Crippen molar-refractivity contribution in [1.82, 2.24) is 0 Å². The molecule has 0 unspecified atom stereocenters. The van der Waals surface area contributed by atoms with Crippen LogP contribution in [0.1, 0.15) is 12.5 Å². The van der Waals surface area contributed by atoms with Crippen LogP contribution in [0.4, 0.5) is 17.1 Å². The molecule has 0 radical (unpaired) electrons. The third-order valence-electron chi connectivity index (χ3n) is 3.15. The highest BCUT2D eigenvalue weighted by molar-refractivity contribution is 7.92. The first-order chi connectivity index (χ1) is 11.2. The summed E-state index contributed by atoms with van der Waals surface area (Å²) in [6.45, 7) is 2.92. The Hall–Kier alpha value is -2.94. The summed E-state index contributed by atoms with van der Waals surface area (Å²) in [5.74, 6) is -0.259. The van der Waals surface area contributed by atoms with Crippen LogP contribution in [-0.4, -0.2) is 19.2 Å². The van der Waals surface area contributed by atoms with Gasteiger partial charge >= 0.3 is 0 Å². The van der Waals surface area contributed by atoms with Crippen LogP contribution in [0, 0.1) is 17.0 Å². The molecule has 8 nitrogen and oxygen atoms in total. The summed E-state index contributed by atoms with van der Waals surface area (Å²) in [6.07, 6.45) is 0. The number of hydrogen-bond donors (Lipinski definition) is 2. The zero-order valence-electron chi connectivity index (χ0n) is 12.9. The van der Waals surface area contributed by atoms with Gasteiger partial charge in [0.15, 0.2) is 0 Å². The summed E-state index contributed by atoms with van der Waals surface area (Å²) in [6, 6.07) is 9.51. The molecule has 1 amide bonds.